The molecule has 3 heterocycles. The number of hydrogen-bond acceptors (Lipinski definition) is 7. The van der Waals surface area contributed by atoms with Gasteiger partial charge in [0.25, 0.3) is 11.5 Å². The number of piperidine rings is 1. The van der Waals surface area contributed by atoms with Crippen LogP contribution in [0.25, 0.3) is 11.0 Å². The highest BCUT2D eigenvalue weighted by molar-refractivity contribution is 5.96. The molecule has 1 aromatic heterocycles. The number of hydrogen-bond donors (Lipinski definition) is 2. The normalized spacial score (nSPS) is 25.8. The first kappa shape index (κ1) is 25.9. The molecule has 1 aromatic carbocycles. The van der Waals surface area contributed by atoms with E-state index in [1.807, 2.05) is 18.2 Å². The minimum Gasteiger partial charge on any atom is -0.467 e. The van der Waals surface area contributed by atoms with Crippen molar-refractivity contribution in [1.82, 2.24) is 19.8 Å². The lowest BCUT2D eigenvalue weighted by atomic mass is 9.89. The van der Waals surface area contributed by atoms with Crippen molar-refractivity contribution >= 4 is 22.9 Å². The first-order valence-corrected chi connectivity index (χ1v) is 13.8. The molecular weight excluding hydrogens is 472 g/mol. The van der Waals surface area contributed by atoms with Gasteiger partial charge in [0.1, 0.15) is 0 Å². The number of amides is 1. The van der Waals surface area contributed by atoms with Gasteiger partial charge in [0.2, 0.25) is 0 Å². The number of aliphatic hydroxyl groups excluding tert-OH is 1. The number of esters is 1. The SMILES string of the molecule is COC(=O)[C@H](CO)NC(=O)c1nc2ccccc2n(C2C[C@H]3CC[C@@H](C2)N3C2CCCCCCC2)c1=O. The van der Waals surface area contributed by atoms with Crippen molar-refractivity contribution in [2.24, 2.45) is 0 Å². The van der Waals surface area contributed by atoms with Crippen LogP contribution < -0.4 is 10.9 Å². The number of aromatic nitrogens is 2. The van der Waals surface area contributed by atoms with E-state index in [0.29, 0.717) is 23.6 Å². The van der Waals surface area contributed by atoms with Gasteiger partial charge in [-0.05, 0) is 50.7 Å². The molecule has 1 saturated carbocycles. The number of aliphatic hydroxyl groups is 1. The van der Waals surface area contributed by atoms with Gasteiger partial charge in [0.15, 0.2) is 11.7 Å². The molecule has 2 N–H and O–H groups in total. The molecule has 3 aliphatic rings. The number of nitrogens with zero attached hydrogens (tertiary/aromatic N) is 3. The Kier molecular flexibility index (Phi) is 7.90. The van der Waals surface area contributed by atoms with Crippen molar-refractivity contribution < 1.29 is 19.4 Å². The van der Waals surface area contributed by atoms with Gasteiger partial charge in [-0.1, -0.05) is 44.2 Å². The summed E-state index contributed by atoms with van der Waals surface area (Å²) >= 11 is 0. The summed E-state index contributed by atoms with van der Waals surface area (Å²) < 4.78 is 6.41. The maximum absolute atomic E-state index is 13.8. The predicted octanol–water partition coefficient (Wildman–Crippen LogP) is 2.94. The predicted molar refractivity (Wildman–Crippen MR) is 139 cm³/mol. The zero-order valence-corrected chi connectivity index (χ0v) is 21.6. The maximum atomic E-state index is 13.8. The maximum Gasteiger partial charge on any atom is 0.330 e. The summed E-state index contributed by atoms with van der Waals surface area (Å²) in [5, 5.41) is 11.9. The summed E-state index contributed by atoms with van der Waals surface area (Å²) in [4.78, 5) is 45.9. The van der Waals surface area contributed by atoms with E-state index in [0.717, 1.165) is 31.2 Å². The second-order valence-electron chi connectivity index (χ2n) is 10.8. The molecule has 2 bridgehead atoms. The fourth-order valence-corrected chi connectivity index (χ4v) is 6.94. The van der Waals surface area contributed by atoms with Gasteiger partial charge < -0.3 is 19.7 Å². The van der Waals surface area contributed by atoms with E-state index in [-0.39, 0.29) is 11.7 Å². The Bertz CT molecular complexity index is 1170. The highest BCUT2D eigenvalue weighted by Gasteiger charge is 2.44. The van der Waals surface area contributed by atoms with Crippen LogP contribution in [0.3, 0.4) is 0 Å². The molecule has 3 fully saturated rings. The van der Waals surface area contributed by atoms with Gasteiger partial charge in [-0.3, -0.25) is 14.5 Å². The molecule has 2 saturated heterocycles. The number of ether oxygens (including phenoxy) is 1. The van der Waals surface area contributed by atoms with Gasteiger partial charge in [-0.2, -0.15) is 0 Å². The summed E-state index contributed by atoms with van der Waals surface area (Å²) in [7, 11) is 1.18. The van der Waals surface area contributed by atoms with Crippen molar-refractivity contribution in [3.63, 3.8) is 0 Å². The molecule has 0 spiro atoms. The van der Waals surface area contributed by atoms with E-state index in [9.17, 15) is 19.5 Å². The van der Waals surface area contributed by atoms with E-state index in [2.05, 4.69) is 19.9 Å². The topological polar surface area (TPSA) is 114 Å². The molecule has 200 valence electrons. The second kappa shape index (κ2) is 11.3. The molecule has 9 nitrogen and oxygen atoms in total. The molecule has 37 heavy (non-hydrogen) atoms. The van der Waals surface area contributed by atoms with Crippen molar-refractivity contribution in [3.05, 3.63) is 40.3 Å². The van der Waals surface area contributed by atoms with Gasteiger partial charge >= 0.3 is 5.97 Å². The Labute approximate surface area is 217 Å². The van der Waals surface area contributed by atoms with E-state index in [1.165, 1.54) is 52.1 Å². The number of methoxy groups -OCH3 is 1. The monoisotopic (exact) mass is 510 g/mol. The minimum atomic E-state index is -1.26. The first-order valence-electron chi connectivity index (χ1n) is 13.8. The Morgan fingerprint density at radius 2 is 1.65 bits per heavy atom. The number of carbonyl (C=O) groups excluding carboxylic acids is 2. The van der Waals surface area contributed by atoms with Crippen LogP contribution in [0.4, 0.5) is 0 Å². The van der Waals surface area contributed by atoms with Gasteiger partial charge in [-0.15, -0.1) is 0 Å². The standard InChI is InChI=1S/C28H38N4O5/c1-37-28(36)23(17-33)30-26(34)25-27(35)32(24-12-8-7-11-22(24)29-25)21-15-19-13-14-20(16-21)31(19)18-9-5-3-2-4-6-10-18/h7-8,11-12,18-21,23,33H,2-6,9-10,13-17H2,1H3,(H,30,34)/t19-,20+,21?,23-/m0/s1. The Morgan fingerprint density at radius 3 is 2.30 bits per heavy atom. The molecule has 2 aliphatic heterocycles. The lowest BCUT2D eigenvalue weighted by Gasteiger charge is -2.45. The number of carbonyl (C=O) groups is 2. The zero-order chi connectivity index (χ0) is 25.9. The fourth-order valence-electron chi connectivity index (χ4n) is 6.94. The van der Waals surface area contributed by atoms with E-state index >= 15 is 0 Å². The van der Waals surface area contributed by atoms with Crippen molar-refractivity contribution in [3.8, 4) is 0 Å². The average molecular weight is 511 g/mol. The molecular formula is C28H38N4O5. The molecule has 1 unspecified atom stereocenters. The second-order valence-corrected chi connectivity index (χ2v) is 10.8. The Hall–Kier alpha value is -2.78. The number of nitrogens with one attached hydrogen (secondary N) is 1. The number of fused-ring (bicyclic) bond motifs is 3. The van der Waals surface area contributed by atoms with E-state index < -0.39 is 30.1 Å². The zero-order valence-electron chi connectivity index (χ0n) is 21.6. The van der Waals surface area contributed by atoms with E-state index in [1.54, 1.807) is 10.6 Å². The molecule has 1 amide bonds. The van der Waals surface area contributed by atoms with Gasteiger partial charge in [0.05, 0.1) is 24.8 Å². The number of rotatable bonds is 6. The van der Waals surface area contributed by atoms with Crippen LogP contribution >= 0.6 is 0 Å². The van der Waals surface area contributed by atoms with Crippen LogP contribution in [-0.4, -0.2) is 69.3 Å². The summed E-state index contributed by atoms with van der Waals surface area (Å²) in [6.07, 6.45) is 13.2. The molecule has 9 heteroatoms. The van der Waals surface area contributed by atoms with Crippen LogP contribution in [0.15, 0.2) is 29.1 Å². The van der Waals surface area contributed by atoms with Crippen LogP contribution in [0.2, 0.25) is 0 Å². The lowest BCUT2D eigenvalue weighted by molar-refractivity contribution is -0.143. The Balaban J connectivity index is 1.45. The number of para-hydroxylation sites is 2. The third-order valence-corrected chi connectivity index (χ3v) is 8.61. The summed E-state index contributed by atoms with van der Waals surface area (Å²) in [6.45, 7) is -0.636. The largest absolute Gasteiger partial charge is 0.467 e. The molecule has 2 aromatic rings. The van der Waals surface area contributed by atoms with E-state index in [4.69, 9.17) is 0 Å². The molecule has 0 radical (unpaired) electrons. The highest BCUT2D eigenvalue weighted by atomic mass is 16.5. The summed E-state index contributed by atoms with van der Waals surface area (Å²) in [5.41, 5.74) is 0.553. The highest BCUT2D eigenvalue weighted by Crippen LogP contribution is 2.44. The van der Waals surface area contributed by atoms with Crippen LogP contribution in [0.1, 0.15) is 87.2 Å². The van der Waals surface area contributed by atoms with Crippen LogP contribution in [0.5, 0.6) is 0 Å². The average Bonchev–Trinajstić information content (AvgIpc) is 3.14. The molecule has 5 rings (SSSR count). The van der Waals surface area contributed by atoms with Crippen molar-refractivity contribution in [1.29, 1.82) is 0 Å². The van der Waals surface area contributed by atoms with Gasteiger partial charge in [0, 0.05) is 24.2 Å². The Morgan fingerprint density at radius 1 is 1.00 bits per heavy atom. The third-order valence-electron chi connectivity index (χ3n) is 8.61. The third kappa shape index (κ3) is 5.16. The summed E-state index contributed by atoms with van der Waals surface area (Å²) in [6, 6.07) is 7.65. The van der Waals surface area contributed by atoms with Crippen LogP contribution in [-0.2, 0) is 9.53 Å². The van der Waals surface area contributed by atoms with Crippen LogP contribution in [0, 0.1) is 0 Å². The quantitative estimate of drug-likeness (QED) is 0.575. The molecule has 4 atom stereocenters. The first-order chi connectivity index (χ1) is 18.0. The fraction of sp³-hybridized carbons (Fsp3) is 0.643. The lowest BCUT2D eigenvalue weighted by Crippen LogP contribution is -2.51. The summed E-state index contributed by atoms with van der Waals surface area (Å²) in [5.74, 6) is -1.57. The molecule has 1 aliphatic carbocycles. The van der Waals surface area contributed by atoms with Crippen molar-refractivity contribution in [2.45, 2.75) is 101 Å². The van der Waals surface area contributed by atoms with Gasteiger partial charge in [-0.25, -0.2) is 9.78 Å². The minimum absolute atomic E-state index is 0.0245. The smallest absolute Gasteiger partial charge is 0.330 e. The van der Waals surface area contributed by atoms with Crippen molar-refractivity contribution in [2.75, 3.05) is 13.7 Å². The number of benzene rings is 1.